The van der Waals surface area contributed by atoms with Crippen molar-refractivity contribution in [3.8, 4) is 17.2 Å². The van der Waals surface area contributed by atoms with E-state index < -0.39 is 11.9 Å². The highest BCUT2D eigenvalue weighted by Gasteiger charge is 2.38. The van der Waals surface area contributed by atoms with Crippen LogP contribution >= 0.6 is 0 Å². The fourth-order valence-corrected chi connectivity index (χ4v) is 3.82. The molecule has 0 fully saturated rings. The molecule has 2 heterocycles. The number of amides is 1. The Morgan fingerprint density at radius 1 is 1.29 bits per heavy atom. The van der Waals surface area contributed by atoms with Gasteiger partial charge in [-0.1, -0.05) is 0 Å². The first-order chi connectivity index (χ1) is 13.5. The first-order valence-electron chi connectivity index (χ1n) is 8.81. The van der Waals surface area contributed by atoms with E-state index in [0.717, 1.165) is 12.1 Å². The Hall–Kier alpha value is -3.49. The van der Waals surface area contributed by atoms with E-state index in [9.17, 15) is 14.7 Å². The predicted octanol–water partition coefficient (Wildman–Crippen LogP) is 1.73. The molecule has 2 aromatic rings. The van der Waals surface area contributed by atoms with E-state index in [2.05, 4.69) is 10.4 Å². The molecule has 1 amide bonds. The van der Waals surface area contributed by atoms with Gasteiger partial charge in [-0.3, -0.25) is 9.59 Å². The number of methoxy groups -OCH3 is 2. The molecular formula is C19H20N4O5. The molecule has 0 saturated heterocycles. The maximum atomic E-state index is 12.8. The summed E-state index contributed by atoms with van der Waals surface area (Å²) >= 11 is 0. The number of ketones is 1. The normalized spacial score (nSPS) is 18.2. The molecule has 4 N–H and O–H groups in total. The molecule has 4 rings (SSSR count). The van der Waals surface area contributed by atoms with Gasteiger partial charge in [0.05, 0.1) is 20.4 Å². The molecule has 2 aliphatic rings. The maximum Gasteiger partial charge on any atom is 0.254 e. The summed E-state index contributed by atoms with van der Waals surface area (Å²) in [5.41, 5.74) is 7.69. The van der Waals surface area contributed by atoms with Gasteiger partial charge >= 0.3 is 0 Å². The summed E-state index contributed by atoms with van der Waals surface area (Å²) in [6, 6.07) is 2.67. The molecule has 1 aliphatic carbocycles. The van der Waals surface area contributed by atoms with Gasteiger partial charge in [0.2, 0.25) is 5.75 Å². The summed E-state index contributed by atoms with van der Waals surface area (Å²) in [5.74, 6) is 0.123. The summed E-state index contributed by atoms with van der Waals surface area (Å²) in [7, 11) is 2.86. The van der Waals surface area contributed by atoms with Crippen molar-refractivity contribution < 1.29 is 24.2 Å². The molecule has 1 atom stereocenters. The molecule has 1 aliphatic heterocycles. The van der Waals surface area contributed by atoms with Crippen LogP contribution in [0.1, 0.15) is 41.2 Å². The molecule has 0 radical (unpaired) electrons. The Bertz CT molecular complexity index is 998. The lowest BCUT2D eigenvalue weighted by molar-refractivity contribution is -0.116. The Labute approximate surface area is 160 Å². The second-order valence-electron chi connectivity index (χ2n) is 6.69. The van der Waals surface area contributed by atoms with Gasteiger partial charge in [-0.05, 0) is 30.5 Å². The van der Waals surface area contributed by atoms with Gasteiger partial charge in [0.25, 0.3) is 5.91 Å². The molecule has 9 heteroatoms. The number of benzene rings is 1. The number of hydrogen-bond acceptors (Lipinski definition) is 7. The SMILES string of the molecule is COc1cc([C@@H]2C3=C(CCCC3=O)Nc3c(C(N)=O)cnn32)cc(OC)c1O. The van der Waals surface area contributed by atoms with Gasteiger partial charge in [0.15, 0.2) is 17.3 Å². The number of hydrogen-bond donors (Lipinski definition) is 3. The van der Waals surface area contributed by atoms with E-state index in [4.69, 9.17) is 15.2 Å². The number of nitrogens with one attached hydrogen (secondary N) is 1. The number of aromatic hydroxyl groups is 1. The number of Topliss-reactive ketones (excluding diaryl/α,β-unsaturated/α-hetero) is 1. The summed E-state index contributed by atoms with van der Waals surface area (Å²) < 4.78 is 12.1. The third-order valence-electron chi connectivity index (χ3n) is 5.12. The van der Waals surface area contributed by atoms with Crippen LogP contribution in [0.25, 0.3) is 0 Å². The number of phenolic OH excluding ortho intramolecular Hbond substituents is 1. The highest BCUT2D eigenvalue weighted by atomic mass is 16.5. The van der Waals surface area contributed by atoms with Crippen LogP contribution in [-0.4, -0.2) is 40.8 Å². The third-order valence-corrected chi connectivity index (χ3v) is 5.12. The number of aromatic nitrogens is 2. The van der Waals surface area contributed by atoms with Crippen LogP contribution in [0.5, 0.6) is 17.2 Å². The van der Waals surface area contributed by atoms with E-state index in [1.54, 1.807) is 16.8 Å². The zero-order chi connectivity index (χ0) is 20.0. The van der Waals surface area contributed by atoms with Crippen molar-refractivity contribution in [2.45, 2.75) is 25.3 Å². The van der Waals surface area contributed by atoms with E-state index >= 15 is 0 Å². The monoisotopic (exact) mass is 384 g/mol. The second-order valence-corrected chi connectivity index (χ2v) is 6.69. The minimum absolute atomic E-state index is 0.00605. The van der Waals surface area contributed by atoms with Gasteiger partial charge in [-0.15, -0.1) is 0 Å². The lowest BCUT2D eigenvalue weighted by Crippen LogP contribution is -2.32. The minimum atomic E-state index is -0.612. The van der Waals surface area contributed by atoms with Gasteiger partial charge in [-0.2, -0.15) is 5.10 Å². The molecule has 1 aromatic carbocycles. The van der Waals surface area contributed by atoms with Crippen LogP contribution in [0.4, 0.5) is 5.82 Å². The number of anilines is 1. The van der Waals surface area contributed by atoms with E-state index in [1.165, 1.54) is 20.4 Å². The van der Waals surface area contributed by atoms with Gasteiger partial charge in [0, 0.05) is 17.7 Å². The lowest BCUT2D eigenvalue weighted by Gasteiger charge is -2.33. The number of rotatable bonds is 4. The molecule has 0 unspecified atom stereocenters. The van der Waals surface area contributed by atoms with Gasteiger partial charge in [-0.25, -0.2) is 4.68 Å². The number of phenols is 1. The van der Waals surface area contributed by atoms with Crippen LogP contribution in [0.15, 0.2) is 29.6 Å². The van der Waals surface area contributed by atoms with Crippen LogP contribution in [-0.2, 0) is 4.79 Å². The average Bonchev–Trinajstić information content (AvgIpc) is 3.10. The third kappa shape index (κ3) is 2.58. The largest absolute Gasteiger partial charge is 0.502 e. The van der Waals surface area contributed by atoms with Gasteiger partial charge < -0.3 is 25.6 Å². The molecule has 9 nitrogen and oxygen atoms in total. The second kappa shape index (κ2) is 6.59. The Morgan fingerprint density at radius 3 is 2.57 bits per heavy atom. The summed E-state index contributed by atoms with van der Waals surface area (Å²) in [6.07, 6.45) is 3.21. The number of nitrogens with two attached hydrogens (primary N) is 1. The van der Waals surface area contributed by atoms with Crippen LogP contribution in [0, 0.1) is 0 Å². The number of ether oxygens (including phenoxy) is 2. The lowest BCUT2D eigenvalue weighted by atomic mass is 9.85. The number of primary amides is 1. The van der Waals surface area contributed by atoms with Gasteiger partial charge in [0.1, 0.15) is 17.4 Å². The van der Waals surface area contributed by atoms with Crippen molar-refractivity contribution in [2.24, 2.45) is 5.73 Å². The molecule has 146 valence electrons. The maximum absolute atomic E-state index is 12.8. The number of allylic oxidation sites excluding steroid dienone is 2. The summed E-state index contributed by atoms with van der Waals surface area (Å²) in [4.78, 5) is 24.6. The van der Waals surface area contributed by atoms with Crippen molar-refractivity contribution in [2.75, 3.05) is 19.5 Å². The van der Waals surface area contributed by atoms with E-state index in [-0.39, 0.29) is 28.6 Å². The van der Waals surface area contributed by atoms with E-state index in [0.29, 0.717) is 29.8 Å². The molecule has 0 saturated carbocycles. The molecule has 0 bridgehead atoms. The first-order valence-corrected chi connectivity index (χ1v) is 8.81. The Balaban J connectivity index is 1.97. The minimum Gasteiger partial charge on any atom is -0.502 e. The number of carbonyl (C=O) groups is 2. The van der Waals surface area contributed by atoms with Crippen LogP contribution in [0.2, 0.25) is 0 Å². The topological polar surface area (TPSA) is 129 Å². The summed E-state index contributed by atoms with van der Waals surface area (Å²) in [6.45, 7) is 0. The fraction of sp³-hybridized carbons (Fsp3) is 0.316. The van der Waals surface area contributed by atoms with Crippen molar-refractivity contribution in [1.29, 1.82) is 0 Å². The fourth-order valence-electron chi connectivity index (χ4n) is 3.82. The highest BCUT2D eigenvalue weighted by Crippen LogP contribution is 2.45. The number of fused-ring (bicyclic) bond motifs is 1. The number of carbonyl (C=O) groups excluding carboxylic acids is 2. The van der Waals surface area contributed by atoms with Crippen molar-refractivity contribution >= 4 is 17.5 Å². The van der Waals surface area contributed by atoms with E-state index in [1.807, 2.05) is 0 Å². The van der Waals surface area contributed by atoms with Crippen molar-refractivity contribution in [1.82, 2.24) is 9.78 Å². The standard InChI is InChI=1S/C19H20N4O5/c1-27-13-6-9(7-14(28-2)17(13)25)16-15-11(4-3-5-12(15)24)22-19-10(18(20)26)8-21-23(16)19/h6-8,16,22,25H,3-5H2,1-2H3,(H2,20,26)/t16-/m1/s1. The number of nitrogens with zero attached hydrogens (tertiary/aromatic N) is 2. The zero-order valence-electron chi connectivity index (χ0n) is 15.5. The molecule has 0 spiro atoms. The van der Waals surface area contributed by atoms with Crippen LogP contribution in [0.3, 0.4) is 0 Å². The molecule has 1 aromatic heterocycles. The quantitative estimate of drug-likeness (QED) is 0.732. The first kappa shape index (κ1) is 17.9. The highest BCUT2D eigenvalue weighted by molar-refractivity contribution is 6.02. The Morgan fingerprint density at radius 2 is 1.96 bits per heavy atom. The van der Waals surface area contributed by atoms with Crippen molar-refractivity contribution in [3.63, 3.8) is 0 Å². The predicted molar refractivity (Wildman–Crippen MR) is 99.6 cm³/mol. The van der Waals surface area contributed by atoms with Crippen molar-refractivity contribution in [3.05, 3.63) is 40.7 Å². The Kier molecular flexibility index (Phi) is 4.21. The van der Waals surface area contributed by atoms with Crippen LogP contribution < -0.4 is 20.5 Å². The molecular weight excluding hydrogens is 364 g/mol. The summed E-state index contributed by atoms with van der Waals surface area (Å²) in [5, 5.41) is 17.7. The zero-order valence-corrected chi connectivity index (χ0v) is 15.5. The average molecular weight is 384 g/mol. The smallest absolute Gasteiger partial charge is 0.254 e. The molecule has 28 heavy (non-hydrogen) atoms.